The van der Waals surface area contributed by atoms with Crippen LogP contribution in [-0.2, 0) is 4.74 Å². The number of nitrogens with zero attached hydrogens (tertiary/aromatic N) is 1. The number of nitrogens with one attached hydrogen (secondary N) is 2. The molecule has 2 rings (SSSR count). The lowest BCUT2D eigenvalue weighted by Gasteiger charge is -2.37. The zero-order valence-electron chi connectivity index (χ0n) is 13.7. The molecular weight excluding hydrogens is 282 g/mol. The van der Waals surface area contributed by atoms with E-state index in [0.29, 0.717) is 18.2 Å². The normalized spacial score (nSPS) is 20.6. The number of pyridine rings is 1. The Morgan fingerprint density at radius 2 is 2.27 bits per heavy atom. The predicted molar refractivity (Wildman–Crippen MR) is 85.3 cm³/mol. The summed E-state index contributed by atoms with van der Waals surface area (Å²) in [6.07, 6.45) is 0. The first kappa shape index (κ1) is 16.7. The molecule has 6 nitrogen and oxygen atoms in total. The Morgan fingerprint density at radius 1 is 1.55 bits per heavy atom. The van der Waals surface area contributed by atoms with E-state index in [1.165, 1.54) is 0 Å². The number of rotatable bonds is 4. The van der Waals surface area contributed by atoms with Crippen LogP contribution < -0.4 is 10.9 Å². The molecule has 0 aliphatic carbocycles. The van der Waals surface area contributed by atoms with Crippen molar-refractivity contribution in [2.45, 2.75) is 39.8 Å². The van der Waals surface area contributed by atoms with Gasteiger partial charge in [-0.3, -0.25) is 14.5 Å². The lowest BCUT2D eigenvalue weighted by Crippen LogP contribution is -2.52. The highest BCUT2D eigenvalue weighted by Crippen LogP contribution is 2.10. The maximum atomic E-state index is 12.3. The molecule has 6 heteroatoms. The average molecular weight is 307 g/mol. The number of amides is 1. The molecule has 1 aromatic heterocycles. The van der Waals surface area contributed by atoms with Gasteiger partial charge >= 0.3 is 0 Å². The number of hydrogen-bond acceptors (Lipinski definition) is 4. The number of ether oxygens (including phenoxy) is 1. The monoisotopic (exact) mass is 307 g/mol. The van der Waals surface area contributed by atoms with E-state index in [9.17, 15) is 9.59 Å². The van der Waals surface area contributed by atoms with Crippen molar-refractivity contribution in [3.63, 3.8) is 0 Å². The zero-order valence-corrected chi connectivity index (χ0v) is 13.7. The van der Waals surface area contributed by atoms with Gasteiger partial charge in [-0.15, -0.1) is 0 Å². The number of aryl methyl sites for hydroxylation is 2. The van der Waals surface area contributed by atoms with Gasteiger partial charge in [0.2, 0.25) is 0 Å². The Kier molecular flexibility index (Phi) is 5.37. The Bertz CT molecular complexity index is 597. The van der Waals surface area contributed by atoms with Crippen LogP contribution in [0.4, 0.5) is 0 Å². The number of hydrogen-bond donors (Lipinski definition) is 2. The molecule has 1 aromatic rings. The van der Waals surface area contributed by atoms with Gasteiger partial charge in [0.05, 0.1) is 13.2 Å². The van der Waals surface area contributed by atoms with E-state index in [4.69, 9.17) is 4.74 Å². The van der Waals surface area contributed by atoms with Gasteiger partial charge in [0, 0.05) is 30.9 Å². The highest BCUT2D eigenvalue weighted by molar-refractivity contribution is 5.95. The predicted octanol–water partition coefficient (Wildman–Crippen LogP) is 0.831. The second-order valence-corrected chi connectivity index (χ2v) is 6.06. The first-order valence-corrected chi connectivity index (χ1v) is 7.72. The van der Waals surface area contributed by atoms with Crippen LogP contribution in [-0.4, -0.2) is 54.2 Å². The molecule has 2 N–H and O–H groups in total. The largest absolute Gasteiger partial charge is 0.379 e. The van der Waals surface area contributed by atoms with Crippen molar-refractivity contribution in [1.82, 2.24) is 15.2 Å². The van der Waals surface area contributed by atoms with Crippen LogP contribution in [0.15, 0.2) is 10.9 Å². The van der Waals surface area contributed by atoms with Crippen molar-refractivity contribution >= 4 is 5.91 Å². The molecule has 0 unspecified atom stereocenters. The third kappa shape index (κ3) is 3.75. The first-order chi connectivity index (χ1) is 10.4. The average Bonchev–Trinajstić information content (AvgIpc) is 2.44. The second-order valence-electron chi connectivity index (χ2n) is 6.06. The van der Waals surface area contributed by atoms with Crippen molar-refractivity contribution in [3.05, 3.63) is 33.2 Å². The molecule has 0 saturated carbocycles. The zero-order chi connectivity index (χ0) is 16.3. The molecule has 2 heterocycles. The van der Waals surface area contributed by atoms with Crippen molar-refractivity contribution in [2.24, 2.45) is 0 Å². The van der Waals surface area contributed by atoms with Gasteiger partial charge in [-0.1, -0.05) is 0 Å². The van der Waals surface area contributed by atoms with Gasteiger partial charge < -0.3 is 15.0 Å². The van der Waals surface area contributed by atoms with Gasteiger partial charge in [-0.05, 0) is 39.3 Å². The summed E-state index contributed by atoms with van der Waals surface area (Å²) in [4.78, 5) is 29.2. The van der Waals surface area contributed by atoms with Gasteiger partial charge in [-0.2, -0.15) is 0 Å². The molecule has 2 atom stereocenters. The molecule has 0 aromatic carbocycles. The number of H-pyrrole nitrogens is 1. The standard InChI is InChI=1S/C16H25N3O3/c1-10-7-11(2)18-16(21)14(10)15(20)17-8-12(3)19-5-6-22-9-13(19)4/h7,12-13H,5-6,8-9H2,1-4H3,(H,17,20)(H,18,21)/t12-,13+/m1/s1. The third-order valence-corrected chi connectivity index (χ3v) is 4.14. The van der Waals surface area contributed by atoms with Gasteiger partial charge in [0.15, 0.2) is 0 Å². The summed E-state index contributed by atoms with van der Waals surface area (Å²) in [6.45, 7) is 10.6. The van der Waals surface area contributed by atoms with Crippen molar-refractivity contribution in [3.8, 4) is 0 Å². The first-order valence-electron chi connectivity index (χ1n) is 7.72. The molecule has 1 amide bonds. The van der Waals surface area contributed by atoms with E-state index in [1.54, 1.807) is 13.8 Å². The number of carbonyl (C=O) groups excluding carboxylic acids is 1. The Morgan fingerprint density at radius 3 is 2.91 bits per heavy atom. The fourth-order valence-corrected chi connectivity index (χ4v) is 2.98. The van der Waals surface area contributed by atoms with Crippen LogP contribution in [0.2, 0.25) is 0 Å². The van der Waals surface area contributed by atoms with E-state index in [-0.39, 0.29) is 23.1 Å². The topological polar surface area (TPSA) is 74.4 Å². The number of aromatic amines is 1. The molecule has 1 aliphatic heterocycles. The number of carbonyl (C=O) groups is 1. The van der Waals surface area contributed by atoms with Gasteiger partial charge in [0.1, 0.15) is 5.56 Å². The van der Waals surface area contributed by atoms with E-state index < -0.39 is 0 Å². The summed E-state index contributed by atoms with van der Waals surface area (Å²) in [7, 11) is 0. The van der Waals surface area contributed by atoms with Crippen LogP contribution >= 0.6 is 0 Å². The SMILES string of the molecule is Cc1cc(C)c(C(=O)NC[C@@H](C)N2CCOC[C@@H]2C)c(=O)[nH]1. The summed E-state index contributed by atoms with van der Waals surface area (Å²) in [5.41, 5.74) is 1.33. The lowest BCUT2D eigenvalue weighted by molar-refractivity contribution is -0.0178. The van der Waals surface area contributed by atoms with Crippen LogP contribution in [0.1, 0.15) is 35.5 Å². The molecule has 0 spiro atoms. The van der Waals surface area contributed by atoms with Crippen LogP contribution in [0, 0.1) is 13.8 Å². The van der Waals surface area contributed by atoms with E-state index in [1.807, 2.05) is 6.07 Å². The minimum atomic E-state index is -0.331. The maximum Gasteiger partial charge on any atom is 0.261 e. The minimum absolute atomic E-state index is 0.202. The number of morpholine rings is 1. The van der Waals surface area contributed by atoms with E-state index in [2.05, 4.69) is 29.0 Å². The van der Waals surface area contributed by atoms with Crippen molar-refractivity contribution < 1.29 is 9.53 Å². The fraction of sp³-hybridized carbons (Fsp3) is 0.625. The van der Waals surface area contributed by atoms with Crippen molar-refractivity contribution in [2.75, 3.05) is 26.3 Å². The summed E-state index contributed by atoms with van der Waals surface area (Å²) < 4.78 is 5.43. The molecular formula is C16H25N3O3. The smallest absolute Gasteiger partial charge is 0.261 e. The second kappa shape index (κ2) is 7.07. The van der Waals surface area contributed by atoms with Crippen LogP contribution in [0.3, 0.4) is 0 Å². The number of aromatic nitrogens is 1. The Hall–Kier alpha value is -1.66. The molecule has 1 aliphatic rings. The molecule has 22 heavy (non-hydrogen) atoms. The van der Waals surface area contributed by atoms with Crippen molar-refractivity contribution in [1.29, 1.82) is 0 Å². The summed E-state index contributed by atoms with van der Waals surface area (Å²) >= 11 is 0. The summed E-state index contributed by atoms with van der Waals surface area (Å²) in [5.74, 6) is -0.313. The summed E-state index contributed by atoms with van der Waals surface area (Å²) in [5, 5.41) is 2.88. The third-order valence-electron chi connectivity index (χ3n) is 4.14. The molecule has 1 fully saturated rings. The Labute approximate surface area is 130 Å². The quantitative estimate of drug-likeness (QED) is 0.864. The van der Waals surface area contributed by atoms with Gasteiger partial charge in [-0.25, -0.2) is 0 Å². The van der Waals surface area contributed by atoms with E-state index >= 15 is 0 Å². The van der Waals surface area contributed by atoms with Crippen LogP contribution in [0.5, 0.6) is 0 Å². The molecule has 1 saturated heterocycles. The molecule has 122 valence electrons. The van der Waals surface area contributed by atoms with E-state index in [0.717, 1.165) is 25.5 Å². The summed E-state index contributed by atoms with van der Waals surface area (Å²) in [6, 6.07) is 2.35. The Balaban J connectivity index is 1.99. The lowest BCUT2D eigenvalue weighted by atomic mass is 10.1. The maximum absolute atomic E-state index is 12.3. The minimum Gasteiger partial charge on any atom is -0.379 e. The molecule has 0 radical (unpaired) electrons. The fourth-order valence-electron chi connectivity index (χ4n) is 2.98. The van der Waals surface area contributed by atoms with Crippen LogP contribution in [0.25, 0.3) is 0 Å². The highest BCUT2D eigenvalue weighted by atomic mass is 16.5. The highest BCUT2D eigenvalue weighted by Gasteiger charge is 2.24. The van der Waals surface area contributed by atoms with Gasteiger partial charge in [0.25, 0.3) is 11.5 Å². The molecule has 0 bridgehead atoms.